The summed E-state index contributed by atoms with van der Waals surface area (Å²) in [6.07, 6.45) is 2.00. The molecular formula is C16H25NO. The Balaban J connectivity index is 2.24. The van der Waals surface area contributed by atoms with Crippen LogP contribution in [0.15, 0.2) is 18.2 Å². The Hall–Kier alpha value is -0.860. The summed E-state index contributed by atoms with van der Waals surface area (Å²) >= 11 is 0. The van der Waals surface area contributed by atoms with Crippen molar-refractivity contribution < 1.29 is 4.74 Å². The van der Waals surface area contributed by atoms with Crippen molar-refractivity contribution in [3.8, 4) is 0 Å². The van der Waals surface area contributed by atoms with Crippen LogP contribution in [0.2, 0.25) is 0 Å². The lowest BCUT2D eigenvalue weighted by atomic mass is 9.73. The summed E-state index contributed by atoms with van der Waals surface area (Å²) in [6.45, 7) is 10.4. The van der Waals surface area contributed by atoms with E-state index in [-0.39, 0.29) is 11.0 Å². The van der Waals surface area contributed by atoms with Gasteiger partial charge in [-0.2, -0.15) is 0 Å². The largest absolute Gasteiger partial charge is 0.372 e. The van der Waals surface area contributed by atoms with Crippen LogP contribution >= 0.6 is 0 Å². The molecule has 1 unspecified atom stereocenters. The summed E-state index contributed by atoms with van der Waals surface area (Å²) in [5, 5.41) is 0. The van der Waals surface area contributed by atoms with Crippen LogP contribution in [0.4, 0.5) is 0 Å². The molecule has 0 radical (unpaired) electrons. The predicted octanol–water partition coefficient (Wildman–Crippen LogP) is 3.51. The first-order chi connectivity index (χ1) is 8.34. The van der Waals surface area contributed by atoms with Gasteiger partial charge in [0.05, 0.1) is 13.2 Å². The minimum Gasteiger partial charge on any atom is -0.372 e. The summed E-state index contributed by atoms with van der Waals surface area (Å²) in [5.74, 6) is 0. The normalized spacial score (nSPS) is 18.5. The van der Waals surface area contributed by atoms with Gasteiger partial charge in [-0.15, -0.1) is 0 Å². The molecule has 1 aliphatic heterocycles. The van der Waals surface area contributed by atoms with E-state index < -0.39 is 0 Å². The van der Waals surface area contributed by atoms with Gasteiger partial charge in [0.1, 0.15) is 0 Å². The molecule has 0 saturated heterocycles. The third kappa shape index (κ3) is 2.76. The first-order valence-electron chi connectivity index (χ1n) is 6.83. The van der Waals surface area contributed by atoms with E-state index >= 15 is 0 Å². The first-order valence-corrected chi connectivity index (χ1v) is 6.83. The minimum absolute atomic E-state index is 0.0982. The SMILES string of the molecule is CCC(C)(N)CC(C)(C)c1ccc2c(c1)COC2. The quantitative estimate of drug-likeness (QED) is 0.883. The van der Waals surface area contributed by atoms with Crippen molar-refractivity contribution in [1.29, 1.82) is 0 Å². The van der Waals surface area contributed by atoms with Gasteiger partial charge in [-0.3, -0.25) is 0 Å². The standard InChI is InChI=1S/C16H25NO/c1-5-16(4,17)11-15(2,3)14-7-6-12-9-18-10-13(12)8-14/h6-8H,5,9-11,17H2,1-4H3. The molecule has 2 N–H and O–H groups in total. The molecule has 0 bridgehead atoms. The fourth-order valence-electron chi connectivity index (χ4n) is 2.83. The van der Waals surface area contributed by atoms with Crippen LogP contribution in [0.25, 0.3) is 0 Å². The van der Waals surface area contributed by atoms with E-state index in [9.17, 15) is 0 Å². The van der Waals surface area contributed by atoms with E-state index in [4.69, 9.17) is 10.5 Å². The average molecular weight is 247 g/mol. The third-order valence-corrected chi connectivity index (χ3v) is 4.16. The molecule has 0 fully saturated rings. The molecule has 0 spiro atoms. The Morgan fingerprint density at radius 3 is 2.50 bits per heavy atom. The van der Waals surface area contributed by atoms with Gasteiger partial charge >= 0.3 is 0 Å². The number of ether oxygens (including phenoxy) is 1. The molecule has 1 atom stereocenters. The van der Waals surface area contributed by atoms with Gasteiger partial charge in [0.2, 0.25) is 0 Å². The lowest BCUT2D eigenvalue weighted by molar-refractivity contribution is 0.134. The fourth-order valence-corrected chi connectivity index (χ4v) is 2.83. The number of hydrogen-bond acceptors (Lipinski definition) is 2. The molecule has 0 aromatic heterocycles. The molecule has 2 heteroatoms. The second-order valence-corrected chi connectivity index (χ2v) is 6.54. The molecule has 2 nitrogen and oxygen atoms in total. The molecule has 1 aromatic carbocycles. The molecule has 18 heavy (non-hydrogen) atoms. The highest BCUT2D eigenvalue weighted by atomic mass is 16.5. The molecule has 1 aromatic rings. The van der Waals surface area contributed by atoms with Crippen molar-refractivity contribution in [2.45, 2.75) is 64.7 Å². The Kier molecular flexibility index (Phi) is 3.52. The van der Waals surface area contributed by atoms with Crippen molar-refractivity contribution in [1.82, 2.24) is 0 Å². The van der Waals surface area contributed by atoms with Gasteiger partial charge in [-0.05, 0) is 41.9 Å². The van der Waals surface area contributed by atoms with Crippen LogP contribution in [0, 0.1) is 0 Å². The van der Waals surface area contributed by atoms with E-state index in [1.54, 1.807) is 0 Å². The third-order valence-electron chi connectivity index (χ3n) is 4.16. The fraction of sp³-hybridized carbons (Fsp3) is 0.625. The van der Waals surface area contributed by atoms with Gasteiger partial charge in [0.15, 0.2) is 0 Å². The summed E-state index contributed by atoms with van der Waals surface area (Å²) in [5.41, 5.74) is 10.4. The van der Waals surface area contributed by atoms with E-state index in [0.29, 0.717) is 0 Å². The Morgan fingerprint density at radius 1 is 1.17 bits per heavy atom. The predicted molar refractivity (Wildman–Crippen MR) is 75.5 cm³/mol. The van der Waals surface area contributed by atoms with Crippen LogP contribution in [-0.4, -0.2) is 5.54 Å². The Bertz CT molecular complexity index is 435. The first kappa shape index (κ1) is 13.6. The number of benzene rings is 1. The molecule has 0 saturated carbocycles. The molecule has 1 aliphatic rings. The van der Waals surface area contributed by atoms with E-state index in [1.807, 2.05) is 0 Å². The van der Waals surface area contributed by atoms with E-state index in [1.165, 1.54) is 16.7 Å². The second kappa shape index (κ2) is 4.67. The molecule has 100 valence electrons. The number of hydrogen-bond donors (Lipinski definition) is 1. The second-order valence-electron chi connectivity index (χ2n) is 6.54. The summed E-state index contributed by atoms with van der Waals surface area (Å²) in [7, 11) is 0. The Labute approximate surface area is 111 Å². The highest BCUT2D eigenvalue weighted by molar-refractivity contribution is 5.36. The molecule has 0 aliphatic carbocycles. The number of fused-ring (bicyclic) bond motifs is 1. The van der Waals surface area contributed by atoms with Crippen molar-refractivity contribution >= 4 is 0 Å². The Morgan fingerprint density at radius 2 is 1.83 bits per heavy atom. The van der Waals surface area contributed by atoms with Gasteiger partial charge in [0, 0.05) is 5.54 Å². The van der Waals surface area contributed by atoms with Gasteiger partial charge < -0.3 is 10.5 Å². The molecule has 0 amide bonds. The summed E-state index contributed by atoms with van der Waals surface area (Å²) in [6, 6.07) is 6.74. The van der Waals surface area contributed by atoms with Crippen molar-refractivity contribution in [2.24, 2.45) is 5.73 Å². The molecule has 2 rings (SSSR count). The van der Waals surface area contributed by atoms with Gasteiger partial charge in [0.25, 0.3) is 0 Å². The smallest absolute Gasteiger partial charge is 0.0725 e. The zero-order valence-electron chi connectivity index (χ0n) is 12.0. The van der Waals surface area contributed by atoms with Crippen LogP contribution in [0.3, 0.4) is 0 Å². The van der Waals surface area contributed by atoms with Crippen molar-refractivity contribution in [3.63, 3.8) is 0 Å². The molecule has 1 heterocycles. The topological polar surface area (TPSA) is 35.2 Å². The van der Waals surface area contributed by atoms with Crippen LogP contribution in [-0.2, 0) is 23.4 Å². The zero-order chi connectivity index (χ0) is 13.4. The highest BCUT2D eigenvalue weighted by Crippen LogP contribution is 2.34. The maximum Gasteiger partial charge on any atom is 0.0725 e. The van der Waals surface area contributed by atoms with E-state index in [2.05, 4.69) is 45.9 Å². The summed E-state index contributed by atoms with van der Waals surface area (Å²) in [4.78, 5) is 0. The monoisotopic (exact) mass is 247 g/mol. The molecular weight excluding hydrogens is 222 g/mol. The maximum atomic E-state index is 6.33. The summed E-state index contributed by atoms with van der Waals surface area (Å²) < 4.78 is 5.48. The van der Waals surface area contributed by atoms with E-state index in [0.717, 1.165) is 26.1 Å². The van der Waals surface area contributed by atoms with Crippen LogP contribution in [0.1, 0.15) is 57.2 Å². The number of rotatable bonds is 4. The lowest BCUT2D eigenvalue weighted by Crippen LogP contribution is -2.41. The number of nitrogens with two attached hydrogens (primary N) is 1. The zero-order valence-corrected chi connectivity index (χ0v) is 12.0. The van der Waals surface area contributed by atoms with Crippen molar-refractivity contribution in [2.75, 3.05) is 0 Å². The van der Waals surface area contributed by atoms with Crippen LogP contribution < -0.4 is 5.73 Å². The lowest BCUT2D eigenvalue weighted by Gasteiger charge is -2.35. The van der Waals surface area contributed by atoms with Gasteiger partial charge in [-0.1, -0.05) is 39.0 Å². The van der Waals surface area contributed by atoms with Crippen LogP contribution in [0.5, 0.6) is 0 Å². The van der Waals surface area contributed by atoms with Gasteiger partial charge in [-0.25, -0.2) is 0 Å². The van der Waals surface area contributed by atoms with Crippen molar-refractivity contribution in [3.05, 3.63) is 34.9 Å². The highest BCUT2D eigenvalue weighted by Gasteiger charge is 2.30. The maximum absolute atomic E-state index is 6.33. The average Bonchev–Trinajstić information content (AvgIpc) is 2.74. The minimum atomic E-state index is -0.0982.